The summed E-state index contributed by atoms with van der Waals surface area (Å²) in [6.07, 6.45) is 6.00. The van der Waals surface area contributed by atoms with Crippen molar-refractivity contribution in [2.24, 2.45) is 10.7 Å². The summed E-state index contributed by atoms with van der Waals surface area (Å²) in [5.41, 5.74) is 6.50. The van der Waals surface area contributed by atoms with Gasteiger partial charge < -0.3 is 20.2 Å². The third-order valence-electron chi connectivity index (χ3n) is 3.46. The summed E-state index contributed by atoms with van der Waals surface area (Å²) in [4.78, 5) is 10.6. The van der Waals surface area contributed by atoms with Crippen molar-refractivity contribution in [1.82, 2.24) is 9.97 Å². The third kappa shape index (κ3) is 7.76. The maximum atomic E-state index is 11.2. The van der Waals surface area contributed by atoms with E-state index in [4.69, 9.17) is 20.6 Å². The average Bonchev–Trinajstić information content (AvgIpc) is 3.02. The van der Waals surface area contributed by atoms with Crippen LogP contribution in [0.1, 0.15) is 37.7 Å². The van der Waals surface area contributed by atoms with Gasteiger partial charge in [-0.3, -0.25) is 5.41 Å². The minimum atomic E-state index is -3.69. The summed E-state index contributed by atoms with van der Waals surface area (Å²) < 4.78 is 33.4. The summed E-state index contributed by atoms with van der Waals surface area (Å²) in [6, 6.07) is 0. The molecule has 142 valence electrons. The largest absolute Gasteiger partial charge is 0.381 e. The molecule has 25 heavy (non-hydrogen) atoms. The maximum Gasteiger partial charge on any atom is 0.241 e. The molecule has 10 heteroatoms. The zero-order valence-electron chi connectivity index (χ0n) is 14.9. The van der Waals surface area contributed by atoms with Crippen molar-refractivity contribution in [1.29, 1.82) is 5.41 Å². The number of imidazole rings is 1. The first kappa shape index (κ1) is 21.3. The zero-order chi connectivity index (χ0) is 18.9. The topological polar surface area (TPSA) is 144 Å². The monoisotopic (exact) mass is 373 g/mol. The van der Waals surface area contributed by atoms with Crippen molar-refractivity contribution in [3.8, 4) is 0 Å². The standard InChI is InChI=1S/C15H27N5O4S/c1-4-5-8-24-10-12(23-2)7-6-11-9-18-14(19-11)13(16)20-15(17)25(3,21)22/h9,12H,4-8,10H2,1-3H3,(H,18,19)(H3,16,17,20)/t12-/m0/s1. The summed E-state index contributed by atoms with van der Waals surface area (Å²) in [5.74, 6) is 0.0874. The highest BCUT2D eigenvalue weighted by molar-refractivity contribution is 8.05. The van der Waals surface area contributed by atoms with Gasteiger partial charge in [-0.15, -0.1) is 0 Å². The molecule has 1 aromatic heterocycles. The molecule has 0 radical (unpaired) electrons. The highest BCUT2D eigenvalue weighted by atomic mass is 32.2. The van der Waals surface area contributed by atoms with Gasteiger partial charge in [-0.05, 0) is 19.3 Å². The van der Waals surface area contributed by atoms with Gasteiger partial charge >= 0.3 is 0 Å². The van der Waals surface area contributed by atoms with Crippen LogP contribution in [0.15, 0.2) is 11.2 Å². The normalized spacial score (nSPS) is 13.8. The fourth-order valence-electron chi connectivity index (χ4n) is 1.91. The lowest BCUT2D eigenvalue weighted by Crippen LogP contribution is -2.21. The van der Waals surface area contributed by atoms with Gasteiger partial charge in [-0.2, -0.15) is 4.99 Å². The van der Waals surface area contributed by atoms with Crippen LogP contribution in [-0.4, -0.2) is 62.1 Å². The third-order valence-corrected chi connectivity index (χ3v) is 4.25. The fourth-order valence-corrected chi connectivity index (χ4v) is 2.17. The number of hydrogen-bond donors (Lipinski definition) is 3. The number of aromatic nitrogens is 2. The second-order valence-electron chi connectivity index (χ2n) is 5.66. The second kappa shape index (κ2) is 10.3. The molecule has 0 aromatic carbocycles. The number of rotatable bonds is 10. The van der Waals surface area contributed by atoms with Crippen molar-refractivity contribution < 1.29 is 17.9 Å². The van der Waals surface area contributed by atoms with Gasteiger partial charge in [0, 0.05) is 31.9 Å². The predicted molar refractivity (Wildman–Crippen MR) is 96.7 cm³/mol. The van der Waals surface area contributed by atoms with Gasteiger partial charge in [0.05, 0.1) is 12.7 Å². The summed E-state index contributed by atoms with van der Waals surface area (Å²) in [6.45, 7) is 3.37. The second-order valence-corrected chi connectivity index (χ2v) is 7.59. The molecule has 0 aliphatic carbocycles. The maximum absolute atomic E-state index is 11.2. The number of aromatic amines is 1. The highest BCUT2D eigenvalue weighted by Gasteiger charge is 2.14. The molecule has 1 aromatic rings. The van der Waals surface area contributed by atoms with Gasteiger partial charge in [0.25, 0.3) is 0 Å². The Kier molecular flexibility index (Phi) is 8.73. The number of H-pyrrole nitrogens is 1. The van der Waals surface area contributed by atoms with E-state index >= 15 is 0 Å². The van der Waals surface area contributed by atoms with E-state index in [1.54, 1.807) is 13.3 Å². The van der Waals surface area contributed by atoms with Gasteiger partial charge in [0.1, 0.15) is 0 Å². The number of amidine groups is 2. The minimum absolute atomic E-state index is 0.0203. The highest BCUT2D eigenvalue weighted by Crippen LogP contribution is 2.07. The van der Waals surface area contributed by atoms with Gasteiger partial charge in [-0.25, -0.2) is 13.4 Å². The Bertz CT molecular complexity index is 684. The van der Waals surface area contributed by atoms with E-state index in [1.165, 1.54) is 0 Å². The zero-order valence-corrected chi connectivity index (χ0v) is 15.7. The number of nitrogens with two attached hydrogens (primary N) is 1. The van der Waals surface area contributed by atoms with Crippen LogP contribution in [0.2, 0.25) is 0 Å². The van der Waals surface area contributed by atoms with E-state index in [0.29, 0.717) is 13.0 Å². The Morgan fingerprint density at radius 1 is 1.52 bits per heavy atom. The smallest absolute Gasteiger partial charge is 0.241 e. The minimum Gasteiger partial charge on any atom is -0.381 e. The molecule has 0 unspecified atom stereocenters. The van der Waals surface area contributed by atoms with Crippen LogP contribution < -0.4 is 5.73 Å². The lowest BCUT2D eigenvalue weighted by atomic mass is 10.2. The molecule has 0 aliphatic rings. The number of aryl methyl sites for hydroxylation is 1. The van der Waals surface area contributed by atoms with E-state index in [1.807, 2.05) is 0 Å². The SMILES string of the molecule is CCCCOC[C@H](CCc1cnc(/C(N)=N\C(=N)S(C)(=O)=O)[nH]1)OC. The number of nitrogens with zero attached hydrogens (tertiary/aromatic N) is 2. The molecule has 0 saturated heterocycles. The summed E-state index contributed by atoms with van der Waals surface area (Å²) >= 11 is 0. The van der Waals surface area contributed by atoms with Gasteiger partial charge in [-0.1, -0.05) is 13.3 Å². The average molecular weight is 373 g/mol. The van der Waals surface area contributed by atoms with Crippen LogP contribution in [0.3, 0.4) is 0 Å². The molecular weight excluding hydrogens is 346 g/mol. The number of methoxy groups -OCH3 is 1. The quantitative estimate of drug-likeness (QED) is 0.315. The Hall–Kier alpha value is -1.78. The first-order valence-corrected chi connectivity index (χ1v) is 9.94. The summed E-state index contributed by atoms with van der Waals surface area (Å²) in [5, 5.41) is 6.56. The molecule has 0 amide bonds. The first-order valence-electron chi connectivity index (χ1n) is 8.05. The van der Waals surface area contributed by atoms with Crippen molar-refractivity contribution in [2.75, 3.05) is 26.6 Å². The number of unbranched alkanes of at least 4 members (excludes halogenated alkanes) is 1. The van der Waals surface area contributed by atoms with Crippen LogP contribution in [0.25, 0.3) is 0 Å². The van der Waals surface area contributed by atoms with Gasteiger partial charge in [0.2, 0.25) is 15.0 Å². The molecule has 9 nitrogen and oxygen atoms in total. The Morgan fingerprint density at radius 2 is 2.24 bits per heavy atom. The number of hydrogen-bond acceptors (Lipinski definition) is 6. The summed E-state index contributed by atoms with van der Waals surface area (Å²) in [7, 11) is -2.05. The van der Waals surface area contributed by atoms with Crippen molar-refractivity contribution >= 4 is 20.8 Å². The molecular formula is C15H27N5O4S. The van der Waals surface area contributed by atoms with E-state index in [-0.39, 0.29) is 17.8 Å². The van der Waals surface area contributed by atoms with Crippen molar-refractivity contribution in [3.05, 3.63) is 17.7 Å². The molecule has 0 aliphatic heterocycles. The van der Waals surface area contributed by atoms with Crippen molar-refractivity contribution in [3.63, 3.8) is 0 Å². The van der Waals surface area contributed by atoms with Crippen molar-refractivity contribution in [2.45, 2.75) is 38.7 Å². The molecule has 0 bridgehead atoms. The van der Waals surface area contributed by atoms with Crippen LogP contribution in [0, 0.1) is 5.41 Å². The fraction of sp³-hybridized carbons (Fsp3) is 0.667. The predicted octanol–water partition coefficient (Wildman–Crippen LogP) is 0.859. The number of nitrogens with one attached hydrogen (secondary N) is 2. The molecule has 4 N–H and O–H groups in total. The Labute approximate surface area is 148 Å². The molecule has 0 saturated carbocycles. The lowest BCUT2D eigenvalue weighted by Gasteiger charge is -2.14. The number of aliphatic imine (C=N–C) groups is 1. The molecule has 1 rings (SSSR count). The van der Waals surface area contributed by atoms with Crippen LogP contribution in [0.4, 0.5) is 0 Å². The Balaban J connectivity index is 2.57. The number of sulfone groups is 1. The molecule has 1 atom stereocenters. The molecule has 0 fully saturated rings. The van der Waals surface area contributed by atoms with E-state index < -0.39 is 15.0 Å². The van der Waals surface area contributed by atoms with Crippen LogP contribution in [0.5, 0.6) is 0 Å². The molecule has 1 heterocycles. The van der Waals surface area contributed by atoms with E-state index in [9.17, 15) is 8.42 Å². The van der Waals surface area contributed by atoms with E-state index in [2.05, 4.69) is 21.9 Å². The number of ether oxygens (including phenoxy) is 2. The van der Waals surface area contributed by atoms with E-state index in [0.717, 1.165) is 37.8 Å². The van der Waals surface area contributed by atoms with Crippen LogP contribution >= 0.6 is 0 Å². The van der Waals surface area contributed by atoms with Gasteiger partial charge in [0.15, 0.2) is 11.7 Å². The first-order chi connectivity index (χ1) is 11.8. The Morgan fingerprint density at radius 3 is 2.84 bits per heavy atom. The lowest BCUT2D eigenvalue weighted by molar-refractivity contribution is 0.00378. The molecule has 0 spiro atoms. The van der Waals surface area contributed by atoms with Crippen LogP contribution in [-0.2, 0) is 25.7 Å².